The van der Waals surface area contributed by atoms with Crippen molar-refractivity contribution in [1.82, 2.24) is 18.8 Å². The molecule has 0 radical (unpaired) electrons. The van der Waals surface area contributed by atoms with E-state index >= 15 is 0 Å². The van der Waals surface area contributed by atoms with Crippen LogP contribution in [0, 0.1) is 0 Å². The summed E-state index contributed by atoms with van der Waals surface area (Å²) < 4.78 is 34.7. The molecule has 1 saturated heterocycles. The van der Waals surface area contributed by atoms with Gasteiger partial charge in [-0.25, -0.2) is 22.2 Å². The first kappa shape index (κ1) is 23.7. The highest BCUT2D eigenvalue weighted by Gasteiger charge is 2.29. The second-order valence-corrected chi connectivity index (χ2v) is 11.6. The third-order valence-corrected chi connectivity index (χ3v) is 7.82. The number of carbonyl (C=O) groups is 1. The standard InChI is InChI=1S/C23H27BrN4O4S/c1-23(2,3)32-22(29)27-13-11-26(12-14-27)16-17-15-19-20(24)9-10-25-21(19)28(17)33(30,31)18-7-5-4-6-8-18/h4-10,15H,11-14,16H2,1-3H3. The molecule has 33 heavy (non-hydrogen) atoms. The molecule has 1 fully saturated rings. The van der Waals surface area contributed by atoms with E-state index in [2.05, 4.69) is 25.8 Å². The Bertz CT molecular complexity index is 1260. The third kappa shape index (κ3) is 5.07. The first-order chi connectivity index (χ1) is 15.6. The Morgan fingerprint density at radius 2 is 1.76 bits per heavy atom. The van der Waals surface area contributed by atoms with E-state index in [9.17, 15) is 13.2 Å². The van der Waals surface area contributed by atoms with Crippen molar-refractivity contribution in [2.45, 2.75) is 37.8 Å². The molecule has 8 nitrogen and oxygen atoms in total. The number of ether oxygens (including phenoxy) is 1. The van der Waals surface area contributed by atoms with Crippen LogP contribution in [0.25, 0.3) is 11.0 Å². The number of hydrogen-bond donors (Lipinski definition) is 0. The Morgan fingerprint density at radius 3 is 2.39 bits per heavy atom. The largest absolute Gasteiger partial charge is 0.444 e. The van der Waals surface area contributed by atoms with Gasteiger partial charge in [-0.1, -0.05) is 18.2 Å². The molecule has 2 aromatic heterocycles. The van der Waals surface area contributed by atoms with Crippen molar-refractivity contribution in [2.24, 2.45) is 0 Å². The van der Waals surface area contributed by atoms with Gasteiger partial charge >= 0.3 is 6.09 Å². The maximum atomic E-state index is 13.6. The SMILES string of the molecule is CC(C)(C)OC(=O)N1CCN(Cc2cc3c(Br)ccnc3n2S(=O)(=O)c2ccccc2)CC1. The molecule has 10 heteroatoms. The molecule has 4 rings (SSSR count). The summed E-state index contributed by atoms with van der Waals surface area (Å²) in [6.45, 7) is 8.21. The minimum absolute atomic E-state index is 0.209. The molecule has 1 amide bonds. The number of carbonyl (C=O) groups excluding carboxylic acids is 1. The summed E-state index contributed by atoms with van der Waals surface area (Å²) in [6, 6.07) is 12.0. The average Bonchev–Trinajstić information content (AvgIpc) is 3.14. The molecule has 3 heterocycles. The lowest BCUT2D eigenvalue weighted by Gasteiger charge is -2.35. The van der Waals surface area contributed by atoms with Gasteiger partial charge in [0.2, 0.25) is 0 Å². The molecule has 0 aliphatic carbocycles. The molecule has 0 N–H and O–H groups in total. The number of fused-ring (bicyclic) bond motifs is 1. The molecular weight excluding hydrogens is 508 g/mol. The Kier molecular flexibility index (Phi) is 6.52. The molecule has 0 unspecified atom stereocenters. The maximum Gasteiger partial charge on any atom is 0.410 e. The van der Waals surface area contributed by atoms with Gasteiger partial charge in [-0.3, -0.25) is 4.90 Å². The number of amides is 1. The molecule has 1 aliphatic rings. The Balaban J connectivity index is 1.61. The summed E-state index contributed by atoms with van der Waals surface area (Å²) in [7, 11) is -3.84. The van der Waals surface area contributed by atoms with E-state index in [0.29, 0.717) is 44.1 Å². The van der Waals surface area contributed by atoms with Gasteiger partial charge in [0, 0.05) is 48.8 Å². The van der Waals surface area contributed by atoms with Gasteiger partial charge < -0.3 is 9.64 Å². The third-order valence-electron chi connectivity index (χ3n) is 5.37. The first-order valence-corrected chi connectivity index (χ1v) is 13.0. The fourth-order valence-corrected chi connectivity index (χ4v) is 5.73. The summed E-state index contributed by atoms with van der Waals surface area (Å²) in [5.74, 6) is 0. The van der Waals surface area contributed by atoms with Crippen molar-refractivity contribution >= 4 is 43.1 Å². The second-order valence-electron chi connectivity index (χ2n) is 8.99. The molecule has 1 aromatic carbocycles. The van der Waals surface area contributed by atoms with Crippen LogP contribution in [0.1, 0.15) is 26.5 Å². The van der Waals surface area contributed by atoms with E-state index < -0.39 is 15.6 Å². The average molecular weight is 535 g/mol. The van der Waals surface area contributed by atoms with E-state index in [0.717, 1.165) is 9.86 Å². The summed E-state index contributed by atoms with van der Waals surface area (Å²) in [5.41, 5.74) is 0.469. The van der Waals surface area contributed by atoms with Crippen LogP contribution >= 0.6 is 15.9 Å². The van der Waals surface area contributed by atoms with Crippen LogP contribution in [-0.4, -0.2) is 65.0 Å². The highest BCUT2D eigenvalue weighted by Crippen LogP contribution is 2.30. The zero-order valence-corrected chi connectivity index (χ0v) is 21.3. The van der Waals surface area contributed by atoms with Crippen LogP contribution in [0.5, 0.6) is 0 Å². The number of nitrogens with zero attached hydrogens (tertiary/aromatic N) is 4. The molecular formula is C23H27BrN4O4S. The quantitative estimate of drug-likeness (QED) is 0.501. The highest BCUT2D eigenvalue weighted by atomic mass is 79.9. The summed E-state index contributed by atoms with van der Waals surface area (Å²) >= 11 is 3.52. The molecule has 1 aliphatic heterocycles. The summed E-state index contributed by atoms with van der Waals surface area (Å²) in [6.07, 6.45) is 1.27. The van der Waals surface area contributed by atoms with Crippen molar-refractivity contribution in [3.63, 3.8) is 0 Å². The van der Waals surface area contributed by atoms with Crippen molar-refractivity contribution in [2.75, 3.05) is 26.2 Å². The van der Waals surface area contributed by atoms with Crippen LogP contribution in [0.15, 0.2) is 58.0 Å². The summed E-state index contributed by atoms with van der Waals surface area (Å²) in [5, 5.41) is 0.736. The lowest BCUT2D eigenvalue weighted by molar-refractivity contribution is 0.0138. The minimum Gasteiger partial charge on any atom is -0.444 e. The van der Waals surface area contributed by atoms with Gasteiger partial charge in [0.1, 0.15) is 5.60 Å². The Hall–Kier alpha value is -2.43. The van der Waals surface area contributed by atoms with E-state index in [4.69, 9.17) is 4.74 Å². The van der Waals surface area contributed by atoms with Gasteiger partial charge in [-0.05, 0) is 61.0 Å². The van der Waals surface area contributed by atoms with Crippen molar-refractivity contribution in [1.29, 1.82) is 0 Å². The predicted octanol–water partition coefficient (Wildman–Crippen LogP) is 4.09. The Morgan fingerprint density at radius 1 is 1.09 bits per heavy atom. The van der Waals surface area contributed by atoms with Gasteiger partial charge in [-0.15, -0.1) is 0 Å². The number of halogens is 1. The number of piperazine rings is 1. The minimum atomic E-state index is -3.84. The fourth-order valence-electron chi connectivity index (χ4n) is 3.82. The van der Waals surface area contributed by atoms with Gasteiger partial charge in [-0.2, -0.15) is 0 Å². The second kappa shape index (κ2) is 9.08. The van der Waals surface area contributed by atoms with Crippen LogP contribution in [0.2, 0.25) is 0 Å². The van der Waals surface area contributed by atoms with E-state index in [1.165, 1.54) is 3.97 Å². The van der Waals surface area contributed by atoms with E-state index in [1.807, 2.05) is 26.8 Å². The molecule has 0 saturated carbocycles. The normalized spacial score (nSPS) is 15.7. The van der Waals surface area contributed by atoms with Gasteiger partial charge in [0.25, 0.3) is 10.0 Å². The summed E-state index contributed by atoms with van der Waals surface area (Å²) in [4.78, 5) is 20.8. The number of rotatable bonds is 4. The maximum absolute atomic E-state index is 13.6. The zero-order valence-electron chi connectivity index (χ0n) is 18.9. The van der Waals surface area contributed by atoms with Crippen molar-refractivity contribution in [3.05, 3.63) is 58.8 Å². The molecule has 0 spiro atoms. The number of benzene rings is 1. The smallest absolute Gasteiger partial charge is 0.410 e. The van der Waals surface area contributed by atoms with Gasteiger partial charge in [0.05, 0.1) is 10.6 Å². The van der Waals surface area contributed by atoms with Crippen LogP contribution < -0.4 is 0 Å². The highest BCUT2D eigenvalue weighted by molar-refractivity contribution is 9.10. The Labute approximate surface area is 202 Å². The molecule has 176 valence electrons. The topological polar surface area (TPSA) is 84.7 Å². The van der Waals surface area contributed by atoms with E-state index in [-0.39, 0.29) is 11.0 Å². The number of hydrogen-bond acceptors (Lipinski definition) is 6. The zero-order chi connectivity index (χ0) is 23.8. The number of aromatic nitrogens is 2. The van der Waals surface area contributed by atoms with Gasteiger partial charge in [0.15, 0.2) is 5.65 Å². The van der Waals surface area contributed by atoms with Crippen LogP contribution in [0.3, 0.4) is 0 Å². The van der Waals surface area contributed by atoms with Crippen LogP contribution in [0.4, 0.5) is 4.79 Å². The fraction of sp³-hybridized carbons (Fsp3) is 0.391. The molecule has 0 atom stereocenters. The lowest BCUT2D eigenvalue weighted by atomic mass is 10.2. The van der Waals surface area contributed by atoms with Crippen LogP contribution in [-0.2, 0) is 21.3 Å². The lowest BCUT2D eigenvalue weighted by Crippen LogP contribution is -2.49. The monoisotopic (exact) mass is 534 g/mol. The molecule has 0 bridgehead atoms. The number of pyridine rings is 1. The van der Waals surface area contributed by atoms with E-state index in [1.54, 1.807) is 47.5 Å². The molecule has 3 aromatic rings. The van der Waals surface area contributed by atoms with Crippen molar-refractivity contribution < 1.29 is 17.9 Å². The predicted molar refractivity (Wildman–Crippen MR) is 130 cm³/mol. The first-order valence-electron chi connectivity index (χ1n) is 10.7. The van der Waals surface area contributed by atoms with Crippen molar-refractivity contribution in [3.8, 4) is 0 Å².